The minimum atomic E-state index is 0.294. The number of nitrogens with zero attached hydrogens (tertiary/aromatic N) is 2. The van der Waals surface area contributed by atoms with E-state index in [2.05, 4.69) is 23.8 Å². The van der Waals surface area contributed by atoms with Crippen molar-refractivity contribution in [3.63, 3.8) is 0 Å². The van der Waals surface area contributed by atoms with E-state index in [4.69, 9.17) is 15.3 Å². The zero-order valence-electron chi connectivity index (χ0n) is 12.2. The topological polar surface area (TPSA) is 60.1 Å². The van der Waals surface area contributed by atoms with Gasteiger partial charge in [0.1, 0.15) is 12.4 Å². The van der Waals surface area contributed by atoms with Gasteiger partial charge in [-0.05, 0) is 31.5 Å². The number of morpholine rings is 1. The molecule has 0 saturated carbocycles. The van der Waals surface area contributed by atoms with Crippen LogP contribution >= 0.6 is 0 Å². The molecule has 2 rings (SSSR count). The molecule has 0 bridgehead atoms. The van der Waals surface area contributed by atoms with Crippen LogP contribution in [0.15, 0.2) is 29.4 Å². The number of hydrogen-bond donors (Lipinski definition) is 1. The second kappa shape index (κ2) is 7.26. The van der Waals surface area contributed by atoms with Crippen LogP contribution in [-0.2, 0) is 4.74 Å². The van der Waals surface area contributed by atoms with Gasteiger partial charge in [0.25, 0.3) is 0 Å². The lowest BCUT2D eigenvalue weighted by atomic mass is 10.2. The van der Waals surface area contributed by atoms with Gasteiger partial charge in [0.2, 0.25) is 0 Å². The van der Waals surface area contributed by atoms with E-state index in [-0.39, 0.29) is 0 Å². The smallest absolute Gasteiger partial charge is 0.120 e. The fourth-order valence-corrected chi connectivity index (χ4v) is 2.53. The second-order valence-corrected chi connectivity index (χ2v) is 5.22. The highest BCUT2D eigenvalue weighted by Crippen LogP contribution is 2.13. The lowest BCUT2D eigenvalue weighted by Gasteiger charge is -2.35. The van der Waals surface area contributed by atoms with Crippen LogP contribution in [0.4, 0.5) is 0 Å². The molecule has 2 unspecified atom stereocenters. The Morgan fingerprint density at radius 2 is 2.15 bits per heavy atom. The van der Waals surface area contributed by atoms with Crippen molar-refractivity contribution < 1.29 is 9.47 Å². The van der Waals surface area contributed by atoms with Gasteiger partial charge in [0.15, 0.2) is 0 Å². The van der Waals surface area contributed by atoms with Crippen molar-refractivity contribution in [3.05, 3.63) is 29.8 Å². The maximum absolute atomic E-state index is 5.78. The van der Waals surface area contributed by atoms with E-state index in [0.717, 1.165) is 30.9 Å². The summed E-state index contributed by atoms with van der Waals surface area (Å²) in [5.74, 6) is 5.99. The monoisotopic (exact) mass is 277 g/mol. The Kier molecular flexibility index (Phi) is 5.38. The van der Waals surface area contributed by atoms with Gasteiger partial charge >= 0.3 is 0 Å². The van der Waals surface area contributed by atoms with Gasteiger partial charge < -0.3 is 15.3 Å². The number of ether oxygens (including phenoxy) is 2. The predicted octanol–water partition coefficient (Wildman–Crippen LogP) is 1.47. The summed E-state index contributed by atoms with van der Waals surface area (Å²) in [6.45, 7) is 7.73. The van der Waals surface area contributed by atoms with Crippen LogP contribution in [0.5, 0.6) is 5.75 Å². The van der Waals surface area contributed by atoms with E-state index in [1.807, 2.05) is 24.3 Å². The molecule has 110 valence electrons. The second-order valence-electron chi connectivity index (χ2n) is 5.22. The molecule has 1 aromatic carbocycles. The Balaban J connectivity index is 1.79. The molecule has 0 spiro atoms. The van der Waals surface area contributed by atoms with E-state index in [1.165, 1.54) is 0 Å². The standard InChI is InChI=1S/C15H23N3O2/c1-12-10-18(11-13(2)20-12)6-7-19-15-5-3-4-14(8-15)9-17-16/h3-5,8-9,12-13H,6-7,10-11,16H2,1-2H3. The molecule has 5 nitrogen and oxygen atoms in total. The van der Waals surface area contributed by atoms with E-state index in [1.54, 1.807) is 6.21 Å². The summed E-state index contributed by atoms with van der Waals surface area (Å²) in [6, 6.07) is 7.75. The highest BCUT2D eigenvalue weighted by Gasteiger charge is 2.21. The van der Waals surface area contributed by atoms with Crippen molar-refractivity contribution in [2.45, 2.75) is 26.1 Å². The fourth-order valence-electron chi connectivity index (χ4n) is 2.53. The molecule has 0 aromatic heterocycles. The van der Waals surface area contributed by atoms with Crippen molar-refractivity contribution in [1.29, 1.82) is 0 Å². The van der Waals surface area contributed by atoms with Crippen LogP contribution in [0.25, 0.3) is 0 Å². The van der Waals surface area contributed by atoms with E-state index in [0.29, 0.717) is 18.8 Å². The molecule has 20 heavy (non-hydrogen) atoms. The summed E-state index contributed by atoms with van der Waals surface area (Å²) in [6.07, 6.45) is 2.20. The van der Waals surface area contributed by atoms with Gasteiger partial charge in [-0.3, -0.25) is 4.90 Å². The van der Waals surface area contributed by atoms with Crippen molar-refractivity contribution in [1.82, 2.24) is 4.90 Å². The quantitative estimate of drug-likeness (QED) is 0.503. The van der Waals surface area contributed by atoms with Crippen LogP contribution in [0.3, 0.4) is 0 Å². The Morgan fingerprint density at radius 3 is 2.85 bits per heavy atom. The Labute approximate surface area is 120 Å². The van der Waals surface area contributed by atoms with Crippen molar-refractivity contribution in [2.75, 3.05) is 26.2 Å². The first kappa shape index (κ1) is 14.8. The molecule has 5 heteroatoms. The molecule has 1 aliphatic heterocycles. The third-order valence-corrected chi connectivity index (χ3v) is 3.25. The van der Waals surface area contributed by atoms with Crippen molar-refractivity contribution >= 4 is 6.21 Å². The van der Waals surface area contributed by atoms with Gasteiger partial charge in [0.05, 0.1) is 18.4 Å². The summed E-state index contributed by atoms with van der Waals surface area (Å²) in [4.78, 5) is 2.38. The third kappa shape index (κ3) is 4.51. The zero-order chi connectivity index (χ0) is 14.4. The zero-order valence-corrected chi connectivity index (χ0v) is 12.2. The molecular weight excluding hydrogens is 254 g/mol. The molecule has 1 fully saturated rings. The lowest BCUT2D eigenvalue weighted by Crippen LogP contribution is -2.46. The molecule has 0 amide bonds. The normalized spacial score (nSPS) is 24.1. The predicted molar refractivity (Wildman–Crippen MR) is 80.2 cm³/mol. The van der Waals surface area contributed by atoms with Crippen LogP contribution in [0.2, 0.25) is 0 Å². The SMILES string of the molecule is CC1CN(CCOc2cccc(C=NN)c2)CC(C)O1. The molecule has 2 N–H and O–H groups in total. The van der Waals surface area contributed by atoms with Gasteiger partial charge in [-0.15, -0.1) is 0 Å². The highest BCUT2D eigenvalue weighted by molar-refractivity contribution is 5.79. The maximum atomic E-state index is 5.78. The van der Waals surface area contributed by atoms with Crippen LogP contribution in [0, 0.1) is 0 Å². The summed E-state index contributed by atoms with van der Waals surface area (Å²) in [5, 5.41) is 3.51. The molecule has 1 aromatic rings. The molecule has 1 heterocycles. The summed E-state index contributed by atoms with van der Waals surface area (Å²) in [7, 11) is 0. The highest BCUT2D eigenvalue weighted by atomic mass is 16.5. The lowest BCUT2D eigenvalue weighted by molar-refractivity contribution is -0.0699. The maximum Gasteiger partial charge on any atom is 0.120 e. The third-order valence-electron chi connectivity index (χ3n) is 3.25. The first-order chi connectivity index (χ1) is 9.67. The molecule has 0 radical (unpaired) electrons. The van der Waals surface area contributed by atoms with E-state index in [9.17, 15) is 0 Å². The number of hydrogen-bond acceptors (Lipinski definition) is 5. The summed E-state index contributed by atoms with van der Waals surface area (Å²) < 4.78 is 11.5. The molecule has 1 aliphatic rings. The largest absolute Gasteiger partial charge is 0.492 e. The van der Waals surface area contributed by atoms with Gasteiger partial charge in [-0.1, -0.05) is 12.1 Å². The minimum Gasteiger partial charge on any atom is -0.492 e. The number of hydrazone groups is 1. The van der Waals surface area contributed by atoms with Crippen molar-refractivity contribution in [2.24, 2.45) is 10.9 Å². The number of benzene rings is 1. The Morgan fingerprint density at radius 1 is 1.40 bits per heavy atom. The summed E-state index contributed by atoms with van der Waals surface area (Å²) in [5.41, 5.74) is 0.943. The summed E-state index contributed by atoms with van der Waals surface area (Å²) >= 11 is 0. The van der Waals surface area contributed by atoms with Gasteiger partial charge in [-0.25, -0.2) is 0 Å². The molecular formula is C15H23N3O2. The first-order valence-electron chi connectivity index (χ1n) is 7.01. The minimum absolute atomic E-state index is 0.294. The van der Waals surface area contributed by atoms with E-state index >= 15 is 0 Å². The average Bonchev–Trinajstić information content (AvgIpc) is 2.38. The molecule has 2 atom stereocenters. The first-order valence-corrected chi connectivity index (χ1v) is 7.01. The molecule has 1 saturated heterocycles. The van der Waals surface area contributed by atoms with Crippen molar-refractivity contribution in [3.8, 4) is 5.75 Å². The van der Waals surface area contributed by atoms with Crippen LogP contribution in [-0.4, -0.2) is 49.6 Å². The Bertz CT molecular complexity index is 440. The molecule has 0 aliphatic carbocycles. The van der Waals surface area contributed by atoms with Gasteiger partial charge in [0, 0.05) is 19.6 Å². The van der Waals surface area contributed by atoms with Crippen LogP contribution < -0.4 is 10.6 Å². The Hall–Kier alpha value is -1.59. The number of nitrogens with two attached hydrogens (primary N) is 1. The van der Waals surface area contributed by atoms with Gasteiger partial charge in [-0.2, -0.15) is 5.10 Å². The average molecular weight is 277 g/mol. The van der Waals surface area contributed by atoms with E-state index < -0.39 is 0 Å². The fraction of sp³-hybridized carbons (Fsp3) is 0.533. The number of rotatable bonds is 5. The van der Waals surface area contributed by atoms with Crippen LogP contribution in [0.1, 0.15) is 19.4 Å².